The molecule has 2 aromatic carbocycles. The molecule has 156 valence electrons. The summed E-state index contributed by atoms with van der Waals surface area (Å²) in [7, 11) is 0. The average molecular weight is 397 g/mol. The Morgan fingerprint density at radius 3 is 2.48 bits per heavy atom. The van der Waals surface area contributed by atoms with E-state index in [-0.39, 0.29) is 12.5 Å². The lowest BCUT2D eigenvalue weighted by atomic mass is 10.1. The van der Waals surface area contributed by atoms with Gasteiger partial charge in [-0.2, -0.15) is 0 Å². The number of hydrogen-bond donors (Lipinski definition) is 1. The number of ether oxygens (including phenoxy) is 1. The SMILES string of the molecule is Cc1cc(C)cc(OCC(O)CN2CCCN(C(=O)c3cccc(C)c3)CC2)c1. The fourth-order valence-corrected chi connectivity index (χ4v) is 3.88. The van der Waals surface area contributed by atoms with Crippen molar-refractivity contribution >= 4 is 5.91 Å². The number of β-amino-alcohol motifs (C(OH)–C–C–N with tert-alkyl or cyclic N) is 1. The number of hydrogen-bond acceptors (Lipinski definition) is 4. The predicted molar refractivity (Wildman–Crippen MR) is 116 cm³/mol. The van der Waals surface area contributed by atoms with Crippen molar-refractivity contribution in [3.8, 4) is 5.75 Å². The van der Waals surface area contributed by atoms with E-state index in [1.807, 2.05) is 62.1 Å². The number of rotatable bonds is 6. The third-order valence-corrected chi connectivity index (χ3v) is 5.25. The van der Waals surface area contributed by atoms with Crippen molar-refractivity contribution in [3.05, 3.63) is 64.7 Å². The zero-order valence-electron chi connectivity index (χ0n) is 17.7. The molecule has 0 spiro atoms. The summed E-state index contributed by atoms with van der Waals surface area (Å²) in [6.07, 6.45) is 0.345. The van der Waals surface area contributed by atoms with Gasteiger partial charge in [0, 0.05) is 31.7 Å². The Bertz CT molecular complexity index is 816. The van der Waals surface area contributed by atoms with E-state index in [4.69, 9.17) is 4.74 Å². The molecule has 5 nitrogen and oxygen atoms in total. The van der Waals surface area contributed by atoms with Crippen LogP contribution in [-0.2, 0) is 0 Å². The summed E-state index contributed by atoms with van der Waals surface area (Å²) in [5.74, 6) is 0.890. The van der Waals surface area contributed by atoms with E-state index in [9.17, 15) is 9.90 Å². The van der Waals surface area contributed by atoms with Gasteiger partial charge >= 0.3 is 0 Å². The molecule has 3 rings (SSSR count). The van der Waals surface area contributed by atoms with Crippen LogP contribution >= 0.6 is 0 Å². The minimum Gasteiger partial charge on any atom is -0.491 e. The highest BCUT2D eigenvalue weighted by Crippen LogP contribution is 2.17. The summed E-state index contributed by atoms with van der Waals surface area (Å²) in [6, 6.07) is 13.8. The Morgan fingerprint density at radius 2 is 1.76 bits per heavy atom. The maximum atomic E-state index is 12.8. The summed E-state index contributed by atoms with van der Waals surface area (Å²) in [6.45, 7) is 9.96. The van der Waals surface area contributed by atoms with Crippen molar-refractivity contribution < 1.29 is 14.6 Å². The maximum absolute atomic E-state index is 12.8. The zero-order chi connectivity index (χ0) is 20.8. The lowest BCUT2D eigenvalue weighted by Crippen LogP contribution is -2.39. The molecule has 0 bridgehead atoms. The summed E-state index contributed by atoms with van der Waals surface area (Å²) in [5, 5.41) is 10.4. The van der Waals surface area contributed by atoms with Crippen molar-refractivity contribution in [1.29, 1.82) is 0 Å². The van der Waals surface area contributed by atoms with Crippen molar-refractivity contribution in [2.75, 3.05) is 39.3 Å². The fourth-order valence-electron chi connectivity index (χ4n) is 3.88. The van der Waals surface area contributed by atoms with E-state index in [1.165, 1.54) is 0 Å². The van der Waals surface area contributed by atoms with Gasteiger partial charge in [-0.25, -0.2) is 0 Å². The lowest BCUT2D eigenvalue weighted by Gasteiger charge is -2.24. The molecule has 1 aliphatic rings. The van der Waals surface area contributed by atoms with Gasteiger partial charge in [0.05, 0.1) is 0 Å². The molecule has 0 saturated carbocycles. The van der Waals surface area contributed by atoms with Crippen molar-refractivity contribution in [3.63, 3.8) is 0 Å². The molecule has 1 amide bonds. The van der Waals surface area contributed by atoms with Gasteiger partial charge in [0.25, 0.3) is 5.91 Å². The smallest absolute Gasteiger partial charge is 0.253 e. The minimum atomic E-state index is -0.560. The number of benzene rings is 2. The van der Waals surface area contributed by atoms with E-state index >= 15 is 0 Å². The topological polar surface area (TPSA) is 53.0 Å². The third kappa shape index (κ3) is 6.31. The molecule has 2 aromatic rings. The number of aliphatic hydroxyl groups is 1. The van der Waals surface area contributed by atoms with Crippen LogP contribution in [0.3, 0.4) is 0 Å². The molecule has 0 aromatic heterocycles. The molecule has 0 aliphatic carbocycles. The average Bonchev–Trinajstić information content (AvgIpc) is 2.91. The summed E-state index contributed by atoms with van der Waals surface area (Å²) < 4.78 is 5.79. The molecular formula is C24H32N2O3. The Morgan fingerprint density at radius 1 is 1.00 bits per heavy atom. The van der Waals surface area contributed by atoms with E-state index in [1.54, 1.807) is 0 Å². The van der Waals surface area contributed by atoms with Crippen molar-refractivity contribution in [2.24, 2.45) is 0 Å². The lowest BCUT2D eigenvalue weighted by molar-refractivity contribution is 0.0670. The second kappa shape index (κ2) is 9.90. The number of aliphatic hydroxyl groups excluding tert-OH is 1. The first-order chi connectivity index (χ1) is 13.9. The highest BCUT2D eigenvalue weighted by molar-refractivity contribution is 5.94. The normalized spacial score (nSPS) is 16.3. The molecular weight excluding hydrogens is 364 g/mol. The molecule has 1 heterocycles. The third-order valence-electron chi connectivity index (χ3n) is 5.25. The van der Waals surface area contributed by atoms with Gasteiger partial charge in [0.15, 0.2) is 0 Å². The maximum Gasteiger partial charge on any atom is 0.253 e. The molecule has 1 saturated heterocycles. The van der Waals surface area contributed by atoms with Crippen LogP contribution in [0.1, 0.15) is 33.5 Å². The second-order valence-electron chi connectivity index (χ2n) is 8.10. The molecule has 29 heavy (non-hydrogen) atoms. The number of amides is 1. The first-order valence-corrected chi connectivity index (χ1v) is 10.4. The molecule has 1 N–H and O–H groups in total. The Labute approximate surface area is 173 Å². The van der Waals surface area contributed by atoms with Gasteiger partial charge in [-0.15, -0.1) is 0 Å². The summed E-state index contributed by atoms with van der Waals surface area (Å²) >= 11 is 0. The molecule has 1 fully saturated rings. The van der Waals surface area contributed by atoms with Crippen molar-refractivity contribution in [2.45, 2.75) is 33.3 Å². The van der Waals surface area contributed by atoms with Gasteiger partial charge in [-0.05, 0) is 69.1 Å². The zero-order valence-corrected chi connectivity index (χ0v) is 17.7. The largest absolute Gasteiger partial charge is 0.491 e. The number of nitrogens with zero attached hydrogens (tertiary/aromatic N) is 2. The Kier molecular flexibility index (Phi) is 7.29. The van der Waals surface area contributed by atoms with Crippen LogP contribution in [0.15, 0.2) is 42.5 Å². The summed E-state index contributed by atoms with van der Waals surface area (Å²) in [4.78, 5) is 16.9. The molecule has 0 radical (unpaired) electrons. The van der Waals surface area contributed by atoms with E-state index in [2.05, 4.69) is 11.0 Å². The highest BCUT2D eigenvalue weighted by Gasteiger charge is 2.21. The van der Waals surface area contributed by atoms with Crippen LogP contribution in [0.5, 0.6) is 5.75 Å². The fraction of sp³-hybridized carbons (Fsp3) is 0.458. The van der Waals surface area contributed by atoms with Gasteiger partial charge in [-0.1, -0.05) is 23.8 Å². The van der Waals surface area contributed by atoms with Crippen LogP contribution in [0.4, 0.5) is 0 Å². The van der Waals surface area contributed by atoms with Crippen LogP contribution < -0.4 is 4.74 Å². The molecule has 1 aliphatic heterocycles. The van der Waals surface area contributed by atoms with Crippen LogP contribution in [0, 0.1) is 20.8 Å². The molecule has 5 heteroatoms. The Balaban J connectivity index is 1.48. The van der Waals surface area contributed by atoms with Crippen LogP contribution in [-0.4, -0.2) is 66.2 Å². The quantitative estimate of drug-likeness (QED) is 0.815. The Hall–Kier alpha value is -2.37. The standard InChI is InChI=1S/C24H32N2O3/c1-18-6-4-7-21(13-18)24(28)26-9-5-8-25(10-11-26)16-22(27)17-29-23-14-19(2)12-20(3)15-23/h4,6-7,12-15,22,27H,5,8-11,16-17H2,1-3H3. The van der Waals surface area contributed by atoms with Crippen LogP contribution in [0.2, 0.25) is 0 Å². The van der Waals surface area contributed by atoms with E-state index in [0.29, 0.717) is 13.1 Å². The predicted octanol–water partition coefficient (Wildman–Crippen LogP) is 3.20. The first kappa shape index (κ1) is 21.3. The van der Waals surface area contributed by atoms with Crippen LogP contribution in [0.25, 0.3) is 0 Å². The minimum absolute atomic E-state index is 0.0919. The summed E-state index contributed by atoms with van der Waals surface area (Å²) in [5.41, 5.74) is 4.15. The second-order valence-corrected chi connectivity index (χ2v) is 8.10. The number of carbonyl (C=O) groups is 1. The van der Waals surface area contributed by atoms with E-state index < -0.39 is 6.10 Å². The molecule has 1 atom stereocenters. The number of aryl methyl sites for hydroxylation is 3. The van der Waals surface area contributed by atoms with E-state index in [0.717, 1.165) is 54.1 Å². The van der Waals surface area contributed by atoms with Gasteiger partial charge < -0.3 is 14.7 Å². The first-order valence-electron chi connectivity index (χ1n) is 10.4. The number of carbonyl (C=O) groups excluding carboxylic acids is 1. The highest BCUT2D eigenvalue weighted by atomic mass is 16.5. The molecule has 1 unspecified atom stereocenters. The van der Waals surface area contributed by atoms with Gasteiger partial charge in [0.1, 0.15) is 18.5 Å². The van der Waals surface area contributed by atoms with Crippen molar-refractivity contribution in [1.82, 2.24) is 9.80 Å². The monoisotopic (exact) mass is 396 g/mol. The van der Waals surface area contributed by atoms with Gasteiger partial charge in [-0.3, -0.25) is 9.69 Å². The van der Waals surface area contributed by atoms with Gasteiger partial charge in [0.2, 0.25) is 0 Å².